The summed E-state index contributed by atoms with van der Waals surface area (Å²) in [6.45, 7) is 9.09. The number of amides is 2. The van der Waals surface area contributed by atoms with Gasteiger partial charge in [0.2, 0.25) is 0 Å². The summed E-state index contributed by atoms with van der Waals surface area (Å²) in [7, 11) is 0. The van der Waals surface area contributed by atoms with Crippen molar-refractivity contribution in [1.82, 2.24) is 5.32 Å². The van der Waals surface area contributed by atoms with Gasteiger partial charge in [-0.15, -0.1) is 0 Å². The lowest BCUT2D eigenvalue weighted by molar-refractivity contribution is -0.132. The summed E-state index contributed by atoms with van der Waals surface area (Å²) in [5.41, 5.74) is -0.518. The molecule has 1 aliphatic rings. The van der Waals surface area contributed by atoms with E-state index in [1.165, 1.54) is 17.0 Å². The summed E-state index contributed by atoms with van der Waals surface area (Å²) in [6, 6.07) is 9.30. The molecule has 0 saturated heterocycles. The number of carbonyl (C=O) groups excluding carboxylic acids is 2. The van der Waals surface area contributed by atoms with Gasteiger partial charge >= 0.3 is 0 Å². The molecule has 2 amide bonds. The maximum atomic E-state index is 14.4. The van der Waals surface area contributed by atoms with Crippen LogP contribution in [-0.4, -0.2) is 23.0 Å². The largest absolute Gasteiger partial charge is 0.476 e. The molecule has 3 rings (SSSR count). The second-order valence-electron chi connectivity index (χ2n) is 8.58. The third-order valence-electron chi connectivity index (χ3n) is 5.35. The monoisotopic (exact) mass is 432 g/mol. The standard InChI is InChI=1S/C23H26ClFN2O3/c1-6-22(2,3)26-20(28)14-10-11-19-18(12-14)27(21(29)23(4,5)30-19)13-15-16(24)8-7-9-17(15)25/h7-12H,6,13H2,1-5H3,(H,26,28). The molecule has 1 aliphatic heterocycles. The number of fused-ring (bicyclic) bond motifs is 1. The summed E-state index contributed by atoms with van der Waals surface area (Å²) in [5.74, 6) is -0.662. The summed E-state index contributed by atoms with van der Waals surface area (Å²) in [6.07, 6.45) is 0.761. The maximum absolute atomic E-state index is 14.4. The van der Waals surface area contributed by atoms with Gasteiger partial charge in [-0.2, -0.15) is 0 Å². The Balaban J connectivity index is 2.04. The van der Waals surface area contributed by atoms with Crippen LogP contribution in [0.2, 0.25) is 5.02 Å². The van der Waals surface area contributed by atoms with E-state index in [0.717, 1.165) is 6.42 Å². The van der Waals surface area contributed by atoms with Crippen molar-refractivity contribution in [2.45, 2.75) is 58.7 Å². The molecule has 160 valence electrons. The van der Waals surface area contributed by atoms with Crippen LogP contribution in [0.5, 0.6) is 5.75 Å². The predicted molar refractivity (Wildman–Crippen MR) is 116 cm³/mol. The number of halogens is 2. The Morgan fingerprint density at radius 2 is 1.97 bits per heavy atom. The number of nitrogens with zero attached hydrogens (tertiary/aromatic N) is 1. The molecular weight excluding hydrogens is 407 g/mol. The van der Waals surface area contributed by atoms with E-state index >= 15 is 0 Å². The van der Waals surface area contributed by atoms with Crippen LogP contribution in [0, 0.1) is 5.82 Å². The average molecular weight is 433 g/mol. The number of hydrogen-bond donors (Lipinski definition) is 1. The zero-order valence-corrected chi connectivity index (χ0v) is 18.6. The summed E-state index contributed by atoms with van der Waals surface area (Å²) >= 11 is 6.19. The van der Waals surface area contributed by atoms with Gasteiger partial charge in [-0.3, -0.25) is 9.59 Å². The Morgan fingerprint density at radius 1 is 1.27 bits per heavy atom. The smallest absolute Gasteiger partial charge is 0.271 e. The van der Waals surface area contributed by atoms with Crippen LogP contribution in [0.1, 0.15) is 57.0 Å². The van der Waals surface area contributed by atoms with Gasteiger partial charge in [0, 0.05) is 21.7 Å². The fourth-order valence-corrected chi connectivity index (χ4v) is 3.40. The van der Waals surface area contributed by atoms with Crippen molar-refractivity contribution in [2.75, 3.05) is 4.90 Å². The van der Waals surface area contributed by atoms with Crippen molar-refractivity contribution < 1.29 is 18.7 Å². The molecule has 0 fully saturated rings. The molecule has 2 aromatic rings. The highest BCUT2D eigenvalue weighted by atomic mass is 35.5. The Morgan fingerprint density at radius 3 is 2.60 bits per heavy atom. The van der Waals surface area contributed by atoms with E-state index in [-0.39, 0.29) is 34.5 Å². The van der Waals surface area contributed by atoms with Gasteiger partial charge in [0.25, 0.3) is 11.8 Å². The summed E-state index contributed by atoms with van der Waals surface area (Å²) < 4.78 is 20.3. The van der Waals surface area contributed by atoms with E-state index in [9.17, 15) is 14.0 Å². The van der Waals surface area contributed by atoms with Gasteiger partial charge in [0.15, 0.2) is 5.60 Å². The lowest BCUT2D eigenvalue weighted by atomic mass is 9.99. The van der Waals surface area contributed by atoms with Crippen LogP contribution >= 0.6 is 11.6 Å². The zero-order chi connectivity index (χ0) is 22.3. The highest BCUT2D eigenvalue weighted by Crippen LogP contribution is 2.40. The van der Waals surface area contributed by atoms with Gasteiger partial charge in [0.05, 0.1) is 12.2 Å². The molecule has 0 bridgehead atoms. The average Bonchev–Trinajstić information content (AvgIpc) is 2.66. The first-order chi connectivity index (χ1) is 13.9. The van der Waals surface area contributed by atoms with Gasteiger partial charge < -0.3 is 15.0 Å². The normalized spacial score (nSPS) is 15.4. The number of nitrogens with one attached hydrogen (secondary N) is 1. The van der Waals surface area contributed by atoms with Crippen molar-refractivity contribution >= 4 is 29.1 Å². The van der Waals surface area contributed by atoms with Crippen molar-refractivity contribution in [3.63, 3.8) is 0 Å². The molecule has 1 N–H and O–H groups in total. The Labute approximate surface area is 181 Å². The number of ether oxygens (including phenoxy) is 1. The van der Waals surface area contributed by atoms with Crippen LogP contribution in [0.15, 0.2) is 36.4 Å². The topological polar surface area (TPSA) is 58.6 Å². The number of carbonyl (C=O) groups is 2. The zero-order valence-electron chi connectivity index (χ0n) is 17.8. The quantitative estimate of drug-likeness (QED) is 0.714. The van der Waals surface area contributed by atoms with Crippen molar-refractivity contribution in [3.8, 4) is 5.75 Å². The first kappa shape index (κ1) is 22.1. The molecule has 0 atom stereocenters. The van der Waals surface area contributed by atoms with Gasteiger partial charge in [0.1, 0.15) is 11.6 Å². The second-order valence-corrected chi connectivity index (χ2v) is 8.99. The van der Waals surface area contributed by atoms with E-state index in [1.54, 1.807) is 38.1 Å². The number of anilines is 1. The van der Waals surface area contributed by atoms with Crippen molar-refractivity contribution in [2.24, 2.45) is 0 Å². The van der Waals surface area contributed by atoms with Crippen molar-refractivity contribution in [3.05, 3.63) is 58.4 Å². The minimum absolute atomic E-state index is 0.0738. The molecule has 7 heteroatoms. The van der Waals surface area contributed by atoms with Crippen LogP contribution in [-0.2, 0) is 11.3 Å². The molecule has 0 aromatic heterocycles. The van der Waals surface area contributed by atoms with Gasteiger partial charge in [-0.05, 0) is 64.4 Å². The SMILES string of the molecule is CCC(C)(C)NC(=O)c1ccc2c(c1)N(Cc1c(F)cccc1Cl)C(=O)C(C)(C)O2. The highest BCUT2D eigenvalue weighted by molar-refractivity contribution is 6.31. The highest BCUT2D eigenvalue weighted by Gasteiger charge is 2.41. The molecule has 1 heterocycles. The Hall–Kier alpha value is -2.60. The molecule has 30 heavy (non-hydrogen) atoms. The number of benzene rings is 2. The van der Waals surface area contributed by atoms with Gasteiger partial charge in [-0.1, -0.05) is 24.6 Å². The van der Waals surface area contributed by atoms with E-state index < -0.39 is 11.4 Å². The van der Waals surface area contributed by atoms with E-state index in [0.29, 0.717) is 17.0 Å². The van der Waals surface area contributed by atoms with Crippen LogP contribution in [0.4, 0.5) is 10.1 Å². The molecule has 0 aliphatic carbocycles. The first-order valence-corrected chi connectivity index (χ1v) is 10.2. The predicted octanol–water partition coefficient (Wildman–Crippen LogP) is 5.10. The second kappa shape index (κ2) is 7.91. The van der Waals surface area contributed by atoms with E-state index in [2.05, 4.69) is 5.32 Å². The van der Waals surface area contributed by atoms with E-state index in [1.807, 2.05) is 20.8 Å². The minimum atomic E-state index is -1.14. The fraction of sp³-hybridized carbons (Fsp3) is 0.391. The lowest BCUT2D eigenvalue weighted by Crippen LogP contribution is -2.52. The summed E-state index contributed by atoms with van der Waals surface area (Å²) in [4.78, 5) is 27.3. The Kier molecular flexibility index (Phi) is 5.83. The molecule has 0 saturated carbocycles. The third kappa shape index (κ3) is 4.29. The molecule has 0 spiro atoms. The summed E-state index contributed by atoms with van der Waals surface area (Å²) in [5, 5.41) is 3.20. The Bertz CT molecular complexity index is 984. The van der Waals surface area contributed by atoms with Crippen LogP contribution in [0.25, 0.3) is 0 Å². The minimum Gasteiger partial charge on any atom is -0.476 e. The molecular formula is C23H26ClFN2O3. The van der Waals surface area contributed by atoms with Gasteiger partial charge in [-0.25, -0.2) is 4.39 Å². The first-order valence-electron chi connectivity index (χ1n) is 9.85. The van der Waals surface area contributed by atoms with Crippen LogP contribution in [0.3, 0.4) is 0 Å². The molecule has 5 nitrogen and oxygen atoms in total. The lowest BCUT2D eigenvalue weighted by Gasteiger charge is -2.39. The fourth-order valence-electron chi connectivity index (χ4n) is 3.18. The molecule has 0 radical (unpaired) electrons. The van der Waals surface area contributed by atoms with Crippen LogP contribution < -0.4 is 15.0 Å². The molecule has 0 unspecified atom stereocenters. The van der Waals surface area contributed by atoms with E-state index in [4.69, 9.17) is 16.3 Å². The number of hydrogen-bond acceptors (Lipinski definition) is 3. The number of rotatable bonds is 5. The van der Waals surface area contributed by atoms with Crippen molar-refractivity contribution in [1.29, 1.82) is 0 Å². The molecule has 2 aromatic carbocycles. The maximum Gasteiger partial charge on any atom is 0.271 e. The third-order valence-corrected chi connectivity index (χ3v) is 5.71.